The summed E-state index contributed by atoms with van der Waals surface area (Å²) in [6.45, 7) is 0.592. The fraction of sp³-hybridized carbons (Fsp3) is 0.235. The Morgan fingerprint density at radius 3 is 2.52 bits per heavy atom. The van der Waals surface area contributed by atoms with E-state index in [1.165, 1.54) is 9.13 Å². The first-order chi connectivity index (χ1) is 10.1. The summed E-state index contributed by atoms with van der Waals surface area (Å²) in [5, 5.41) is 12.3. The molecule has 0 saturated carbocycles. The summed E-state index contributed by atoms with van der Waals surface area (Å²) < 4.78 is 1.20. The number of phenolic OH excluding ortho intramolecular Hbond substituents is 1. The Bertz CT molecular complexity index is 596. The first-order valence-electron chi connectivity index (χ1n) is 6.92. The molecule has 21 heavy (non-hydrogen) atoms. The maximum Gasteiger partial charge on any atom is 0.220 e. The third-order valence-electron chi connectivity index (χ3n) is 3.20. The summed E-state index contributed by atoms with van der Waals surface area (Å²) in [6, 6.07) is 15.3. The van der Waals surface area contributed by atoms with Gasteiger partial charge < -0.3 is 10.4 Å². The molecule has 2 aromatic rings. The van der Waals surface area contributed by atoms with Gasteiger partial charge >= 0.3 is 0 Å². The van der Waals surface area contributed by atoms with Gasteiger partial charge in [0.1, 0.15) is 5.75 Å². The first-order valence-corrected chi connectivity index (χ1v) is 8.00. The van der Waals surface area contributed by atoms with Crippen molar-refractivity contribution in [2.24, 2.45) is 0 Å². The van der Waals surface area contributed by atoms with Crippen LogP contribution in [-0.2, 0) is 17.6 Å². The van der Waals surface area contributed by atoms with Crippen molar-refractivity contribution in [2.75, 3.05) is 6.54 Å². The number of hydrogen-bond donors (Lipinski definition) is 2. The van der Waals surface area contributed by atoms with Crippen molar-refractivity contribution >= 4 is 28.5 Å². The van der Waals surface area contributed by atoms with Crippen LogP contribution in [0.2, 0.25) is 0 Å². The highest BCUT2D eigenvalue weighted by Gasteiger charge is 2.02. The molecule has 0 saturated heterocycles. The zero-order valence-electron chi connectivity index (χ0n) is 11.7. The lowest BCUT2D eigenvalue weighted by atomic mass is 10.1. The highest BCUT2D eigenvalue weighted by atomic mass is 127. The Morgan fingerprint density at radius 1 is 1.05 bits per heavy atom. The number of nitrogens with one attached hydrogen (secondary N) is 1. The van der Waals surface area contributed by atoms with E-state index in [4.69, 9.17) is 0 Å². The predicted molar refractivity (Wildman–Crippen MR) is 92.3 cm³/mol. The molecule has 0 aliphatic rings. The molecule has 0 aliphatic carbocycles. The Labute approximate surface area is 138 Å². The fourth-order valence-corrected chi connectivity index (χ4v) is 2.42. The number of amides is 1. The lowest BCUT2D eigenvalue weighted by Crippen LogP contribution is -2.25. The molecule has 2 N–H and O–H groups in total. The number of hydrogen-bond acceptors (Lipinski definition) is 2. The maximum absolute atomic E-state index is 11.8. The van der Waals surface area contributed by atoms with Gasteiger partial charge in [-0.15, -0.1) is 0 Å². The quantitative estimate of drug-likeness (QED) is 0.738. The van der Waals surface area contributed by atoms with Crippen molar-refractivity contribution in [3.8, 4) is 5.75 Å². The Balaban J connectivity index is 1.69. The monoisotopic (exact) mass is 395 g/mol. The van der Waals surface area contributed by atoms with Crippen molar-refractivity contribution < 1.29 is 9.90 Å². The number of rotatable bonds is 6. The Morgan fingerprint density at radius 2 is 1.81 bits per heavy atom. The van der Waals surface area contributed by atoms with Crippen LogP contribution in [0.5, 0.6) is 5.75 Å². The second-order valence-electron chi connectivity index (χ2n) is 4.90. The van der Waals surface area contributed by atoms with Gasteiger partial charge in [0, 0.05) is 16.5 Å². The molecule has 1 amide bonds. The second kappa shape index (κ2) is 8.02. The van der Waals surface area contributed by atoms with E-state index in [0.29, 0.717) is 13.0 Å². The molecule has 0 fully saturated rings. The highest BCUT2D eigenvalue weighted by Crippen LogP contribution is 2.11. The third-order valence-corrected chi connectivity index (χ3v) is 3.92. The van der Waals surface area contributed by atoms with Crippen molar-refractivity contribution in [3.05, 3.63) is 63.2 Å². The smallest absolute Gasteiger partial charge is 0.220 e. The summed E-state index contributed by atoms with van der Waals surface area (Å²) in [6.07, 6.45) is 1.99. The number of halogens is 1. The Hall–Kier alpha value is -1.56. The van der Waals surface area contributed by atoms with Crippen LogP contribution >= 0.6 is 22.6 Å². The minimum Gasteiger partial charge on any atom is -0.508 e. The van der Waals surface area contributed by atoms with Gasteiger partial charge in [0.15, 0.2) is 0 Å². The maximum atomic E-state index is 11.8. The molecule has 110 valence electrons. The second-order valence-corrected chi connectivity index (χ2v) is 6.14. The van der Waals surface area contributed by atoms with E-state index in [-0.39, 0.29) is 11.7 Å². The molecule has 0 atom stereocenters. The standard InChI is InChI=1S/C17H18INO2/c18-15-7-4-13(5-8-15)6-9-17(21)19-11-10-14-2-1-3-16(20)12-14/h1-5,7-8,12,20H,6,9-11H2,(H,19,21). The number of aryl methyl sites for hydroxylation is 1. The summed E-state index contributed by atoms with van der Waals surface area (Å²) in [5.74, 6) is 0.325. The SMILES string of the molecule is O=C(CCc1ccc(I)cc1)NCCc1cccc(O)c1. The van der Waals surface area contributed by atoms with Crippen LogP contribution in [0.4, 0.5) is 0 Å². The van der Waals surface area contributed by atoms with Gasteiger partial charge in [-0.3, -0.25) is 4.79 Å². The first kappa shape index (κ1) is 15.8. The van der Waals surface area contributed by atoms with Gasteiger partial charge in [0.25, 0.3) is 0 Å². The van der Waals surface area contributed by atoms with Crippen LogP contribution in [0.25, 0.3) is 0 Å². The number of phenols is 1. The van der Waals surface area contributed by atoms with Crippen molar-refractivity contribution in [1.29, 1.82) is 0 Å². The largest absolute Gasteiger partial charge is 0.508 e. The number of carbonyl (C=O) groups is 1. The lowest BCUT2D eigenvalue weighted by molar-refractivity contribution is -0.121. The zero-order valence-corrected chi connectivity index (χ0v) is 13.8. The fourth-order valence-electron chi connectivity index (χ4n) is 2.06. The van der Waals surface area contributed by atoms with E-state index in [9.17, 15) is 9.90 Å². The van der Waals surface area contributed by atoms with E-state index in [1.807, 2.05) is 12.1 Å². The van der Waals surface area contributed by atoms with Crippen LogP contribution in [0, 0.1) is 3.57 Å². The number of carbonyl (C=O) groups excluding carboxylic acids is 1. The molecule has 2 rings (SSSR count). The Kier molecular flexibility index (Phi) is 6.04. The molecule has 0 radical (unpaired) electrons. The van der Waals surface area contributed by atoms with Crippen LogP contribution in [0.1, 0.15) is 17.5 Å². The number of benzene rings is 2. The highest BCUT2D eigenvalue weighted by molar-refractivity contribution is 14.1. The minimum atomic E-state index is 0.0636. The van der Waals surface area contributed by atoms with Crippen LogP contribution < -0.4 is 5.32 Å². The molecule has 3 nitrogen and oxygen atoms in total. The molecule has 0 spiro atoms. The van der Waals surface area contributed by atoms with Gasteiger partial charge in [-0.1, -0.05) is 24.3 Å². The van der Waals surface area contributed by atoms with Crippen molar-refractivity contribution in [1.82, 2.24) is 5.32 Å². The molecular weight excluding hydrogens is 377 g/mol. The van der Waals surface area contributed by atoms with Crippen LogP contribution in [0.15, 0.2) is 48.5 Å². The lowest BCUT2D eigenvalue weighted by Gasteiger charge is -2.06. The average molecular weight is 395 g/mol. The molecule has 0 bridgehead atoms. The van der Waals surface area contributed by atoms with Crippen molar-refractivity contribution in [2.45, 2.75) is 19.3 Å². The van der Waals surface area contributed by atoms with Gasteiger partial charge in [-0.25, -0.2) is 0 Å². The van der Waals surface area contributed by atoms with E-state index in [1.54, 1.807) is 12.1 Å². The molecular formula is C17H18INO2. The topological polar surface area (TPSA) is 49.3 Å². The zero-order chi connectivity index (χ0) is 15.1. The van der Waals surface area contributed by atoms with E-state index < -0.39 is 0 Å². The summed E-state index contributed by atoms with van der Waals surface area (Å²) in [7, 11) is 0. The van der Waals surface area contributed by atoms with Gasteiger partial charge in [0.2, 0.25) is 5.91 Å². The van der Waals surface area contributed by atoms with E-state index >= 15 is 0 Å². The molecule has 0 unspecified atom stereocenters. The van der Waals surface area contributed by atoms with E-state index in [2.05, 4.69) is 52.2 Å². The molecule has 2 aromatic carbocycles. The molecule has 4 heteroatoms. The molecule has 0 heterocycles. The summed E-state index contributed by atoms with van der Waals surface area (Å²) in [5.41, 5.74) is 2.20. The van der Waals surface area contributed by atoms with Gasteiger partial charge in [0.05, 0.1) is 0 Å². The normalized spacial score (nSPS) is 10.3. The average Bonchev–Trinajstić information content (AvgIpc) is 2.47. The predicted octanol–water partition coefficient (Wildman–Crippen LogP) is 3.29. The summed E-state index contributed by atoms with van der Waals surface area (Å²) in [4.78, 5) is 11.8. The number of aromatic hydroxyl groups is 1. The van der Waals surface area contributed by atoms with Crippen LogP contribution in [0.3, 0.4) is 0 Å². The third kappa shape index (κ3) is 5.75. The van der Waals surface area contributed by atoms with Gasteiger partial charge in [-0.2, -0.15) is 0 Å². The molecule has 0 aromatic heterocycles. The van der Waals surface area contributed by atoms with Crippen LogP contribution in [-0.4, -0.2) is 17.6 Å². The molecule has 0 aliphatic heterocycles. The van der Waals surface area contributed by atoms with E-state index in [0.717, 1.165) is 18.4 Å². The van der Waals surface area contributed by atoms with Crippen molar-refractivity contribution in [3.63, 3.8) is 0 Å². The van der Waals surface area contributed by atoms with Gasteiger partial charge in [-0.05, 0) is 70.8 Å². The summed E-state index contributed by atoms with van der Waals surface area (Å²) >= 11 is 2.27. The minimum absolute atomic E-state index is 0.0636.